The van der Waals surface area contributed by atoms with E-state index in [-0.39, 0.29) is 0 Å². The first-order valence-electron chi connectivity index (χ1n) is 7.06. The van der Waals surface area contributed by atoms with Gasteiger partial charge in [0.1, 0.15) is 0 Å². The average molecular weight is 301 g/mol. The number of benzene rings is 2. The normalized spacial score (nSPS) is 10.4. The van der Waals surface area contributed by atoms with Crippen LogP contribution in [0.3, 0.4) is 0 Å². The van der Waals surface area contributed by atoms with E-state index in [9.17, 15) is 0 Å². The molecule has 0 atom stereocenters. The van der Waals surface area contributed by atoms with Crippen LogP contribution < -0.4 is 10.6 Å². The Balaban J connectivity index is 1.81. The number of hydrogen-bond donors (Lipinski definition) is 2. The molecule has 2 aromatic carbocycles. The summed E-state index contributed by atoms with van der Waals surface area (Å²) in [7, 11) is 0. The highest BCUT2D eigenvalue weighted by atomic mass is 35.5. The van der Waals surface area contributed by atoms with Crippen molar-refractivity contribution >= 4 is 11.6 Å². The fourth-order valence-corrected chi connectivity index (χ4v) is 2.21. The second-order valence-electron chi connectivity index (χ2n) is 5.15. The zero-order chi connectivity index (χ0) is 15.1. The van der Waals surface area contributed by atoms with Gasteiger partial charge in [0.05, 0.1) is 0 Å². The summed E-state index contributed by atoms with van der Waals surface area (Å²) in [6.07, 6.45) is 0. The van der Waals surface area contributed by atoms with E-state index in [1.807, 2.05) is 31.2 Å². The molecule has 2 rings (SSSR count). The van der Waals surface area contributed by atoms with Crippen LogP contribution in [0, 0.1) is 0 Å². The Morgan fingerprint density at radius 1 is 0.952 bits per heavy atom. The molecule has 2 aromatic rings. The highest BCUT2D eigenvalue weighted by Gasteiger charge is 1.99. The molecule has 0 aromatic heterocycles. The summed E-state index contributed by atoms with van der Waals surface area (Å²) in [5.74, 6) is 0. The molecule has 3 heteroatoms. The summed E-state index contributed by atoms with van der Waals surface area (Å²) in [6, 6.07) is 16.5. The third-order valence-corrected chi connectivity index (χ3v) is 3.59. The maximum Gasteiger partial charge on any atom is 0.0450 e. The van der Waals surface area contributed by atoms with Crippen molar-refractivity contribution in [3.8, 4) is 0 Å². The van der Waals surface area contributed by atoms with Crippen molar-refractivity contribution in [1.82, 2.24) is 10.6 Å². The minimum Gasteiger partial charge on any atom is -0.385 e. The van der Waals surface area contributed by atoms with Gasteiger partial charge in [-0.3, -0.25) is 0 Å². The molecule has 2 N–H and O–H groups in total. The number of nitrogens with one attached hydrogen (secondary N) is 2. The molecule has 0 unspecified atom stereocenters. The quantitative estimate of drug-likeness (QED) is 0.798. The molecule has 0 spiro atoms. The largest absolute Gasteiger partial charge is 0.385 e. The number of allylic oxidation sites excluding steroid dienone is 1. The molecule has 0 amide bonds. The van der Waals surface area contributed by atoms with Crippen molar-refractivity contribution in [3.05, 3.63) is 82.5 Å². The maximum atomic E-state index is 6.13. The Bertz CT molecular complexity index is 590. The van der Waals surface area contributed by atoms with Crippen molar-refractivity contribution in [2.24, 2.45) is 0 Å². The third-order valence-electron chi connectivity index (χ3n) is 3.22. The second kappa shape index (κ2) is 7.87. The van der Waals surface area contributed by atoms with Crippen molar-refractivity contribution in [1.29, 1.82) is 0 Å². The number of hydrogen-bond acceptors (Lipinski definition) is 2. The second-order valence-corrected chi connectivity index (χ2v) is 5.55. The zero-order valence-electron chi connectivity index (χ0n) is 12.3. The van der Waals surface area contributed by atoms with Gasteiger partial charge in [-0.1, -0.05) is 60.6 Å². The van der Waals surface area contributed by atoms with Crippen LogP contribution in [-0.2, 0) is 19.6 Å². The lowest BCUT2D eigenvalue weighted by Crippen LogP contribution is -2.13. The van der Waals surface area contributed by atoms with E-state index >= 15 is 0 Å². The van der Waals surface area contributed by atoms with Crippen LogP contribution in [0.25, 0.3) is 0 Å². The first-order valence-corrected chi connectivity index (χ1v) is 7.44. The molecule has 0 fully saturated rings. The van der Waals surface area contributed by atoms with E-state index < -0.39 is 0 Å². The average Bonchev–Trinajstić information content (AvgIpc) is 2.48. The molecule has 0 aliphatic carbocycles. The monoisotopic (exact) mass is 300 g/mol. The molecule has 0 saturated carbocycles. The lowest BCUT2D eigenvalue weighted by Gasteiger charge is -2.08. The van der Waals surface area contributed by atoms with Crippen molar-refractivity contribution in [3.63, 3.8) is 0 Å². The van der Waals surface area contributed by atoms with E-state index in [1.165, 1.54) is 11.1 Å². The summed E-state index contributed by atoms with van der Waals surface area (Å²) < 4.78 is 0. The molecule has 0 heterocycles. The predicted molar refractivity (Wildman–Crippen MR) is 90.1 cm³/mol. The molecule has 0 bridgehead atoms. The lowest BCUT2D eigenvalue weighted by molar-refractivity contribution is 0.693. The molecule has 0 aliphatic heterocycles. The first-order chi connectivity index (χ1) is 10.1. The summed E-state index contributed by atoms with van der Waals surface area (Å²) in [5.41, 5.74) is 4.64. The minimum atomic E-state index is 0.776. The van der Waals surface area contributed by atoms with Gasteiger partial charge < -0.3 is 10.6 Å². The highest BCUT2D eigenvalue weighted by molar-refractivity contribution is 6.31. The summed E-state index contributed by atoms with van der Waals surface area (Å²) in [4.78, 5) is 0. The van der Waals surface area contributed by atoms with E-state index in [1.54, 1.807) is 0 Å². The Labute approximate surface area is 131 Å². The van der Waals surface area contributed by atoms with Crippen LogP contribution in [-0.4, -0.2) is 0 Å². The number of halogens is 1. The fraction of sp³-hybridized carbons (Fsp3) is 0.222. The van der Waals surface area contributed by atoms with Gasteiger partial charge in [-0.05, 0) is 29.7 Å². The van der Waals surface area contributed by atoms with Gasteiger partial charge in [-0.2, -0.15) is 0 Å². The molecule has 21 heavy (non-hydrogen) atoms. The summed E-state index contributed by atoms with van der Waals surface area (Å²) >= 11 is 6.13. The van der Waals surface area contributed by atoms with Gasteiger partial charge in [-0.25, -0.2) is 0 Å². The minimum absolute atomic E-state index is 0.776. The van der Waals surface area contributed by atoms with E-state index in [4.69, 9.17) is 11.6 Å². The van der Waals surface area contributed by atoms with Gasteiger partial charge in [0, 0.05) is 30.4 Å². The van der Waals surface area contributed by atoms with Crippen LogP contribution in [0.5, 0.6) is 0 Å². The fourth-order valence-electron chi connectivity index (χ4n) is 2.01. The molecule has 0 aliphatic rings. The Hall–Kier alpha value is -1.77. The van der Waals surface area contributed by atoms with Crippen LogP contribution in [0.1, 0.15) is 23.6 Å². The molecular weight excluding hydrogens is 280 g/mol. The maximum absolute atomic E-state index is 6.13. The van der Waals surface area contributed by atoms with Gasteiger partial charge in [-0.15, -0.1) is 0 Å². The van der Waals surface area contributed by atoms with E-state index in [0.717, 1.165) is 35.9 Å². The Kier molecular flexibility index (Phi) is 5.85. The summed E-state index contributed by atoms with van der Waals surface area (Å²) in [6.45, 7) is 8.23. The topological polar surface area (TPSA) is 24.1 Å². The smallest absolute Gasteiger partial charge is 0.0450 e. The SMILES string of the molecule is C=C(C)NCc1ccc(CNCc2ccccc2Cl)cc1. The zero-order valence-corrected chi connectivity index (χ0v) is 13.1. The van der Waals surface area contributed by atoms with Gasteiger partial charge in [0.2, 0.25) is 0 Å². The Morgan fingerprint density at radius 2 is 1.57 bits per heavy atom. The highest BCUT2D eigenvalue weighted by Crippen LogP contribution is 2.14. The van der Waals surface area contributed by atoms with E-state index in [0.29, 0.717) is 0 Å². The van der Waals surface area contributed by atoms with Gasteiger partial charge >= 0.3 is 0 Å². The number of rotatable bonds is 7. The van der Waals surface area contributed by atoms with E-state index in [2.05, 4.69) is 41.5 Å². The van der Waals surface area contributed by atoms with Gasteiger partial charge in [0.15, 0.2) is 0 Å². The Morgan fingerprint density at radius 3 is 2.19 bits per heavy atom. The lowest BCUT2D eigenvalue weighted by atomic mass is 10.1. The standard InChI is InChI=1S/C18H21ClN2/c1-14(2)21-12-16-9-7-15(8-10-16)11-20-13-17-5-3-4-6-18(17)19/h3-10,20-21H,1,11-13H2,2H3. The van der Waals surface area contributed by atoms with Gasteiger partial charge in [0.25, 0.3) is 0 Å². The van der Waals surface area contributed by atoms with Crippen molar-refractivity contribution < 1.29 is 0 Å². The predicted octanol–water partition coefficient (Wildman–Crippen LogP) is 4.25. The molecule has 0 saturated heterocycles. The molecule has 2 nitrogen and oxygen atoms in total. The molecule has 0 radical (unpaired) electrons. The van der Waals surface area contributed by atoms with Crippen molar-refractivity contribution in [2.75, 3.05) is 0 Å². The van der Waals surface area contributed by atoms with Crippen LogP contribution in [0.15, 0.2) is 60.8 Å². The van der Waals surface area contributed by atoms with Crippen LogP contribution in [0.2, 0.25) is 5.02 Å². The third kappa shape index (κ3) is 5.25. The summed E-state index contributed by atoms with van der Waals surface area (Å²) in [5, 5.41) is 7.45. The molecular formula is C18H21ClN2. The molecule has 110 valence electrons. The van der Waals surface area contributed by atoms with Crippen molar-refractivity contribution in [2.45, 2.75) is 26.6 Å². The van der Waals surface area contributed by atoms with Crippen LogP contribution >= 0.6 is 11.6 Å². The first kappa shape index (κ1) is 15.6. The van der Waals surface area contributed by atoms with Crippen LogP contribution in [0.4, 0.5) is 0 Å².